The third kappa shape index (κ3) is 3.46. The van der Waals surface area contributed by atoms with Crippen molar-refractivity contribution in [2.45, 2.75) is 18.3 Å². The van der Waals surface area contributed by atoms with Crippen LogP contribution in [0.25, 0.3) is 11.2 Å². The highest BCUT2D eigenvalue weighted by atomic mass is 35.5. The van der Waals surface area contributed by atoms with E-state index in [0.29, 0.717) is 11.2 Å². The molecule has 3 heterocycles. The van der Waals surface area contributed by atoms with Crippen molar-refractivity contribution in [3.8, 4) is 0 Å². The summed E-state index contributed by atoms with van der Waals surface area (Å²) in [5.41, 5.74) is 0.922. The normalized spacial score (nSPS) is 21.0. The Morgan fingerprint density at radius 3 is 2.82 bits per heavy atom. The highest BCUT2D eigenvalue weighted by Crippen LogP contribution is 2.34. The second kappa shape index (κ2) is 7.25. The maximum Gasteiger partial charge on any atom is 0.338 e. The molecule has 2 aromatic heterocycles. The first-order valence-electron chi connectivity index (χ1n) is 8.23. The zero-order valence-electron chi connectivity index (χ0n) is 14.2. The molecule has 0 N–H and O–H groups in total. The first-order valence-corrected chi connectivity index (χ1v) is 8.61. The van der Waals surface area contributed by atoms with Crippen LogP contribution < -0.4 is 0 Å². The van der Waals surface area contributed by atoms with E-state index in [2.05, 4.69) is 15.0 Å². The van der Waals surface area contributed by atoms with Crippen LogP contribution >= 0.6 is 11.6 Å². The number of nitrogens with zero attached hydrogens (tertiary/aromatic N) is 4. The molecule has 0 saturated carbocycles. The van der Waals surface area contributed by atoms with Crippen LogP contribution in [0, 0.1) is 0 Å². The standard InChI is InChI=1S/C18H13ClF2N4O3/c19-15-14-16(23-9-22-15)25(10-24-14)13-6-7-18(20,21)12(28-13)8-27-17(26)11-4-2-1-3-5-11/h1-7,9-10,12-13H,8H2/t12-,13-/m1/s1. The fourth-order valence-electron chi connectivity index (χ4n) is 2.75. The van der Waals surface area contributed by atoms with E-state index in [9.17, 15) is 13.6 Å². The van der Waals surface area contributed by atoms with Crippen molar-refractivity contribution in [3.05, 3.63) is 65.9 Å². The molecule has 2 atom stereocenters. The number of imidazole rings is 1. The molecular weight excluding hydrogens is 394 g/mol. The molecule has 1 aromatic carbocycles. The van der Waals surface area contributed by atoms with Crippen LogP contribution in [0.1, 0.15) is 16.6 Å². The number of alkyl halides is 2. The van der Waals surface area contributed by atoms with E-state index in [1.807, 2.05) is 0 Å². The molecule has 7 nitrogen and oxygen atoms in total. The number of rotatable bonds is 4. The van der Waals surface area contributed by atoms with Crippen LogP contribution in [0.5, 0.6) is 0 Å². The SMILES string of the molecule is O=C(OC[C@H]1O[C@@H](n2cnc3c(Cl)ncnc32)C=CC1(F)F)c1ccccc1. The Kier molecular flexibility index (Phi) is 4.78. The van der Waals surface area contributed by atoms with Crippen molar-refractivity contribution in [2.24, 2.45) is 0 Å². The maximum atomic E-state index is 14.2. The first-order chi connectivity index (χ1) is 13.5. The van der Waals surface area contributed by atoms with Gasteiger partial charge in [0.2, 0.25) is 0 Å². The molecule has 0 radical (unpaired) electrons. The van der Waals surface area contributed by atoms with Gasteiger partial charge in [-0.3, -0.25) is 4.57 Å². The Bertz CT molecular complexity index is 1040. The number of halogens is 3. The number of benzene rings is 1. The van der Waals surface area contributed by atoms with Gasteiger partial charge in [0.1, 0.15) is 18.5 Å². The molecule has 1 aliphatic heterocycles. The lowest BCUT2D eigenvalue weighted by Gasteiger charge is -2.32. The molecule has 10 heteroatoms. The average Bonchev–Trinajstić information content (AvgIpc) is 3.13. The van der Waals surface area contributed by atoms with Crippen LogP contribution in [0.4, 0.5) is 8.78 Å². The van der Waals surface area contributed by atoms with Gasteiger partial charge in [-0.1, -0.05) is 29.8 Å². The molecular formula is C18H13ClF2N4O3. The molecule has 0 unspecified atom stereocenters. The average molecular weight is 407 g/mol. The minimum absolute atomic E-state index is 0.141. The summed E-state index contributed by atoms with van der Waals surface area (Å²) in [5, 5.41) is 0.141. The van der Waals surface area contributed by atoms with E-state index >= 15 is 0 Å². The predicted octanol–water partition coefficient (Wildman–Crippen LogP) is 3.43. The van der Waals surface area contributed by atoms with Crippen LogP contribution in [0.3, 0.4) is 0 Å². The van der Waals surface area contributed by atoms with Gasteiger partial charge < -0.3 is 9.47 Å². The molecule has 0 saturated heterocycles. The number of aromatic nitrogens is 4. The van der Waals surface area contributed by atoms with Gasteiger partial charge in [0.05, 0.1) is 11.9 Å². The Morgan fingerprint density at radius 1 is 1.25 bits per heavy atom. The topological polar surface area (TPSA) is 79.1 Å². The molecule has 28 heavy (non-hydrogen) atoms. The van der Waals surface area contributed by atoms with Crippen LogP contribution in [0.2, 0.25) is 5.15 Å². The summed E-state index contributed by atoms with van der Waals surface area (Å²) in [6.07, 6.45) is 1.92. The lowest BCUT2D eigenvalue weighted by Crippen LogP contribution is -2.43. The van der Waals surface area contributed by atoms with Gasteiger partial charge in [-0.15, -0.1) is 0 Å². The van der Waals surface area contributed by atoms with E-state index < -0.39 is 30.8 Å². The quantitative estimate of drug-likeness (QED) is 0.375. The number of hydrogen-bond acceptors (Lipinski definition) is 6. The van der Waals surface area contributed by atoms with E-state index in [1.54, 1.807) is 18.2 Å². The smallest absolute Gasteiger partial charge is 0.338 e. The van der Waals surface area contributed by atoms with Gasteiger partial charge in [-0.2, -0.15) is 8.78 Å². The van der Waals surface area contributed by atoms with E-state index in [0.717, 1.165) is 6.08 Å². The molecule has 144 valence electrons. The number of ether oxygens (including phenoxy) is 2. The van der Waals surface area contributed by atoms with E-state index in [4.69, 9.17) is 21.1 Å². The van der Waals surface area contributed by atoms with Crippen molar-refractivity contribution in [3.63, 3.8) is 0 Å². The lowest BCUT2D eigenvalue weighted by atomic mass is 10.1. The fraction of sp³-hybridized carbons (Fsp3) is 0.222. The third-order valence-corrected chi connectivity index (χ3v) is 4.46. The van der Waals surface area contributed by atoms with Crippen molar-refractivity contribution < 1.29 is 23.0 Å². The number of carbonyl (C=O) groups is 1. The minimum atomic E-state index is -3.31. The van der Waals surface area contributed by atoms with Crippen molar-refractivity contribution >= 4 is 28.7 Å². The number of carbonyl (C=O) groups excluding carboxylic acids is 1. The van der Waals surface area contributed by atoms with Gasteiger partial charge in [-0.25, -0.2) is 19.7 Å². The van der Waals surface area contributed by atoms with Crippen molar-refractivity contribution in [2.75, 3.05) is 6.61 Å². The summed E-state index contributed by atoms with van der Waals surface area (Å²) >= 11 is 5.96. The lowest BCUT2D eigenvalue weighted by molar-refractivity contribution is -0.167. The minimum Gasteiger partial charge on any atom is -0.459 e. The summed E-state index contributed by atoms with van der Waals surface area (Å²) in [6.45, 7) is -0.621. The predicted molar refractivity (Wildman–Crippen MR) is 95.1 cm³/mol. The number of fused-ring (bicyclic) bond motifs is 1. The molecule has 0 aliphatic carbocycles. The van der Waals surface area contributed by atoms with Crippen LogP contribution in [-0.2, 0) is 9.47 Å². The van der Waals surface area contributed by atoms with Gasteiger partial charge in [-0.05, 0) is 24.3 Å². The molecule has 1 aliphatic rings. The van der Waals surface area contributed by atoms with Crippen molar-refractivity contribution in [1.29, 1.82) is 0 Å². The van der Waals surface area contributed by atoms with Crippen molar-refractivity contribution in [1.82, 2.24) is 19.5 Å². The third-order valence-electron chi connectivity index (χ3n) is 4.18. The second-order valence-electron chi connectivity index (χ2n) is 6.00. The molecule has 3 aromatic rings. The summed E-state index contributed by atoms with van der Waals surface area (Å²) < 4.78 is 40.4. The largest absolute Gasteiger partial charge is 0.459 e. The molecule has 0 amide bonds. The highest BCUT2D eigenvalue weighted by Gasteiger charge is 2.44. The molecule has 0 fully saturated rings. The summed E-state index contributed by atoms with van der Waals surface area (Å²) in [4.78, 5) is 24.0. The molecule has 4 rings (SSSR count). The van der Waals surface area contributed by atoms with Crippen LogP contribution in [-0.4, -0.2) is 44.1 Å². The van der Waals surface area contributed by atoms with E-state index in [-0.39, 0.29) is 10.7 Å². The molecule has 0 bridgehead atoms. The first kappa shape index (κ1) is 18.5. The Hall–Kier alpha value is -2.91. The summed E-state index contributed by atoms with van der Waals surface area (Å²) in [7, 11) is 0. The second-order valence-corrected chi connectivity index (χ2v) is 6.36. The van der Waals surface area contributed by atoms with Crippen LogP contribution in [0.15, 0.2) is 55.1 Å². The maximum absolute atomic E-state index is 14.2. The van der Waals surface area contributed by atoms with Gasteiger partial charge >= 0.3 is 5.97 Å². The van der Waals surface area contributed by atoms with Gasteiger partial charge in [0, 0.05) is 0 Å². The van der Waals surface area contributed by atoms with Gasteiger partial charge in [0.25, 0.3) is 5.92 Å². The molecule has 0 spiro atoms. The Labute approximate surface area is 162 Å². The fourth-order valence-corrected chi connectivity index (χ4v) is 2.93. The Morgan fingerprint density at radius 2 is 2.04 bits per heavy atom. The number of esters is 1. The van der Waals surface area contributed by atoms with Gasteiger partial charge in [0.15, 0.2) is 23.1 Å². The summed E-state index contributed by atoms with van der Waals surface area (Å²) in [6, 6.07) is 8.10. The number of hydrogen-bond donors (Lipinski definition) is 0. The monoisotopic (exact) mass is 406 g/mol. The summed E-state index contributed by atoms with van der Waals surface area (Å²) in [5.74, 6) is -4.02. The highest BCUT2D eigenvalue weighted by molar-refractivity contribution is 6.33. The Balaban J connectivity index is 1.53. The van der Waals surface area contributed by atoms with E-state index in [1.165, 1.54) is 35.4 Å². The zero-order valence-corrected chi connectivity index (χ0v) is 15.0. The zero-order chi connectivity index (χ0) is 19.7.